The molecule has 0 bridgehead atoms. The third-order valence-corrected chi connectivity index (χ3v) is 3.66. The minimum absolute atomic E-state index is 0.379. The molecule has 4 aromatic rings. The Balaban J connectivity index is 1.67. The number of anilines is 5. The van der Waals surface area contributed by atoms with E-state index in [-0.39, 0.29) is 0 Å². The number of rotatable bonds is 4. The third kappa shape index (κ3) is 2.92. The minimum atomic E-state index is 0.379. The lowest BCUT2D eigenvalue weighted by Crippen LogP contribution is -2.05. The van der Waals surface area contributed by atoms with Gasteiger partial charge in [-0.3, -0.25) is 4.98 Å². The molecule has 25 heavy (non-hydrogen) atoms. The lowest BCUT2D eigenvalue weighted by Gasteiger charge is -2.12. The average Bonchev–Trinajstić information content (AvgIpc) is 3.04. The number of nitrogens with two attached hydrogens (primary N) is 1. The fourth-order valence-electron chi connectivity index (χ4n) is 2.48. The summed E-state index contributed by atoms with van der Waals surface area (Å²) in [5.74, 6) is 2.16. The Morgan fingerprint density at radius 2 is 1.84 bits per heavy atom. The third-order valence-electron chi connectivity index (χ3n) is 3.66. The van der Waals surface area contributed by atoms with Gasteiger partial charge in [0.25, 0.3) is 0 Å². The number of pyridine rings is 1. The molecule has 8 nitrogen and oxygen atoms in total. The highest BCUT2D eigenvalue weighted by atomic mass is 16.5. The average molecular weight is 333 g/mol. The standard InChI is InChI=1S/C17H15N7O/c1-10-8-14(24-25-10)23-17-15(18)16(20-9-21-17)22-13-6-2-5-12-11(13)4-3-7-19-12/h2-9H,18H2,1H3,(H2,20,21,22,23,24). The number of hydrogen-bond acceptors (Lipinski definition) is 8. The summed E-state index contributed by atoms with van der Waals surface area (Å²) in [7, 11) is 0. The van der Waals surface area contributed by atoms with Gasteiger partial charge in [-0.25, -0.2) is 9.97 Å². The van der Waals surface area contributed by atoms with Crippen LogP contribution in [0.3, 0.4) is 0 Å². The highest BCUT2D eigenvalue weighted by Crippen LogP contribution is 2.30. The van der Waals surface area contributed by atoms with E-state index in [0.717, 1.165) is 16.6 Å². The van der Waals surface area contributed by atoms with Crippen molar-refractivity contribution in [2.75, 3.05) is 16.4 Å². The van der Waals surface area contributed by atoms with Crippen LogP contribution in [0.2, 0.25) is 0 Å². The maximum absolute atomic E-state index is 6.21. The number of hydrogen-bond donors (Lipinski definition) is 3. The first-order valence-electron chi connectivity index (χ1n) is 7.62. The smallest absolute Gasteiger partial charge is 0.175 e. The van der Waals surface area contributed by atoms with Gasteiger partial charge in [-0.05, 0) is 31.2 Å². The zero-order chi connectivity index (χ0) is 17.2. The van der Waals surface area contributed by atoms with Crippen molar-refractivity contribution in [3.05, 3.63) is 54.7 Å². The Hall–Kier alpha value is -3.68. The molecular weight excluding hydrogens is 318 g/mol. The zero-order valence-electron chi connectivity index (χ0n) is 13.4. The van der Waals surface area contributed by atoms with Crippen LogP contribution >= 0.6 is 0 Å². The van der Waals surface area contributed by atoms with E-state index in [9.17, 15) is 0 Å². The Morgan fingerprint density at radius 3 is 2.64 bits per heavy atom. The molecular formula is C17H15N7O. The number of aryl methyl sites for hydroxylation is 1. The number of nitrogen functional groups attached to an aromatic ring is 1. The number of fused-ring (bicyclic) bond motifs is 1. The van der Waals surface area contributed by atoms with E-state index in [1.807, 2.05) is 37.3 Å². The van der Waals surface area contributed by atoms with Gasteiger partial charge in [-0.15, -0.1) is 0 Å². The van der Waals surface area contributed by atoms with Gasteiger partial charge in [0.15, 0.2) is 17.5 Å². The maximum atomic E-state index is 6.21. The van der Waals surface area contributed by atoms with Crippen molar-refractivity contribution in [1.82, 2.24) is 20.1 Å². The second-order valence-electron chi connectivity index (χ2n) is 5.43. The van der Waals surface area contributed by atoms with Crippen LogP contribution < -0.4 is 16.4 Å². The molecule has 0 unspecified atom stereocenters. The molecule has 0 atom stereocenters. The second-order valence-corrected chi connectivity index (χ2v) is 5.43. The number of nitrogens with zero attached hydrogens (tertiary/aromatic N) is 4. The van der Waals surface area contributed by atoms with Crippen molar-refractivity contribution < 1.29 is 4.52 Å². The molecule has 124 valence electrons. The SMILES string of the molecule is Cc1cc(Nc2ncnc(Nc3cccc4ncccc34)c2N)no1. The van der Waals surface area contributed by atoms with E-state index in [0.29, 0.717) is 28.9 Å². The number of nitrogens with one attached hydrogen (secondary N) is 2. The summed E-state index contributed by atoms with van der Waals surface area (Å²) < 4.78 is 5.03. The van der Waals surface area contributed by atoms with Crippen LogP contribution in [-0.2, 0) is 0 Å². The second kappa shape index (κ2) is 6.08. The minimum Gasteiger partial charge on any atom is -0.393 e. The van der Waals surface area contributed by atoms with Crippen molar-refractivity contribution in [3.63, 3.8) is 0 Å². The first kappa shape index (κ1) is 14.9. The largest absolute Gasteiger partial charge is 0.393 e. The molecule has 3 aromatic heterocycles. The van der Waals surface area contributed by atoms with Crippen molar-refractivity contribution >= 4 is 39.7 Å². The maximum Gasteiger partial charge on any atom is 0.175 e. The van der Waals surface area contributed by atoms with Gasteiger partial charge in [0.2, 0.25) is 0 Å². The van der Waals surface area contributed by atoms with Gasteiger partial charge in [-0.1, -0.05) is 11.2 Å². The summed E-state index contributed by atoms with van der Waals surface area (Å²) in [6.07, 6.45) is 3.18. The summed E-state index contributed by atoms with van der Waals surface area (Å²) in [4.78, 5) is 12.7. The highest BCUT2D eigenvalue weighted by molar-refractivity contribution is 5.94. The van der Waals surface area contributed by atoms with Crippen LogP contribution in [0.25, 0.3) is 10.9 Å². The van der Waals surface area contributed by atoms with Crippen molar-refractivity contribution in [2.45, 2.75) is 6.92 Å². The first-order valence-corrected chi connectivity index (χ1v) is 7.62. The lowest BCUT2D eigenvalue weighted by atomic mass is 10.2. The van der Waals surface area contributed by atoms with Crippen LogP contribution in [0.4, 0.5) is 28.8 Å². The molecule has 0 saturated carbocycles. The topological polar surface area (TPSA) is 115 Å². The summed E-state index contributed by atoms with van der Waals surface area (Å²) >= 11 is 0. The molecule has 0 amide bonds. The van der Waals surface area contributed by atoms with Gasteiger partial charge in [0.1, 0.15) is 17.8 Å². The van der Waals surface area contributed by atoms with E-state index in [1.165, 1.54) is 6.33 Å². The summed E-state index contributed by atoms with van der Waals surface area (Å²) in [5, 5.41) is 11.1. The van der Waals surface area contributed by atoms with Crippen molar-refractivity contribution in [2.24, 2.45) is 0 Å². The van der Waals surface area contributed by atoms with Gasteiger partial charge in [0, 0.05) is 23.3 Å². The molecule has 8 heteroatoms. The number of aromatic nitrogens is 4. The summed E-state index contributed by atoms with van der Waals surface area (Å²) in [5.41, 5.74) is 8.33. The molecule has 0 fully saturated rings. The Morgan fingerprint density at radius 1 is 1.00 bits per heavy atom. The Kier molecular flexibility index (Phi) is 3.62. The number of benzene rings is 1. The van der Waals surface area contributed by atoms with E-state index >= 15 is 0 Å². The molecule has 0 radical (unpaired) electrons. The van der Waals surface area contributed by atoms with Crippen LogP contribution in [0.5, 0.6) is 0 Å². The van der Waals surface area contributed by atoms with Crippen LogP contribution in [0, 0.1) is 6.92 Å². The molecule has 4 N–H and O–H groups in total. The molecule has 4 rings (SSSR count). The lowest BCUT2D eigenvalue weighted by molar-refractivity contribution is 0.400. The fraction of sp³-hybridized carbons (Fsp3) is 0.0588. The van der Waals surface area contributed by atoms with Crippen LogP contribution in [-0.4, -0.2) is 20.1 Å². The van der Waals surface area contributed by atoms with E-state index < -0.39 is 0 Å². The summed E-state index contributed by atoms with van der Waals surface area (Å²) in [6.45, 7) is 1.81. The van der Waals surface area contributed by atoms with E-state index in [4.69, 9.17) is 10.3 Å². The summed E-state index contributed by atoms with van der Waals surface area (Å²) in [6, 6.07) is 11.4. The highest BCUT2D eigenvalue weighted by Gasteiger charge is 2.11. The Labute approximate surface area is 143 Å². The predicted molar refractivity (Wildman–Crippen MR) is 96.0 cm³/mol. The molecule has 0 aliphatic heterocycles. The van der Waals surface area contributed by atoms with Gasteiger partial charge in [-0.2, -0.15) is 0 Å². The monoisotopic (exact) mass is 333 g/mol. The van der Waals surface area contributed by atoms with Crippen LogP contribution in [0.1, 0.15) is 5.76 Å². The van der Waals surface area contributed by atoms with Gasteiger partial charge < -0.3 is 20.9 Å². The molecule has 3 heterocycles. The first-order chi connectivity index (χ1) is 12.2. The normalized spacial score (nSPS) is 10.8. The van der Waals surface area contributed by atoms with Gasteiger partial charge in [0.05, 0.1) is 5.52 Å². The predicted octanol–water partition coefficient (Wildman–Crippen LogP) is 3.39. The molecule has 0 saturated heterocycles. The quantitative estimate of drug-likeness (QED) is 0.520. The van der Waals surface area contributed by atoms with Crippen molar-refractivity contribution in [1.29, 1.82) is 0 Å². The molecule has 1 aromatic carbocycles. The van der Waals surface area contributed by atoms with Crippen LogP contribution in [0.15, 0.2) is 53.4 Å². The van der Waals surface area contributed by atoms with E-state index in [2.05, 4.69) is 30.7 Å². The Bertz CT molecular complexity index is 1040. The van der Waals surface area contributed by atoms with Gasteiger partial charge >= 0.3 is 0 Å². The fourth-order valence-corrected chi connectivity index (χ4v) is 2.48. The molecule has 0 aliphatic carbocycles. The molecule has 0 aliphatic rings. The molecule has 0 spiro atoms. The van der Waals surface area contributed by atoms with E-state index in [1.54, 1.807) is 12.3 Å². The zero-order valence-corrected chi connectivity index (χ0v) is 13.4. The van der Waals surface area contributed by atoms with Crippen molar-refractivity contribution in [3.8, 4) is 0 Å².